The smallest absolute Gasteiger partial charge is 0.422 e. The molecule has 1 saturated carbocycles. The van der Waals surface area contributed by atoms with Crippen molar-refractivity contribution in [2.45, 2.75) is 26.6 Å². The van der Waals surface area contributed by atoms with Crippen LogP contribution in [0, 0.1) is 17.3 Å². The molecule has 0 amide bonds. The number of rotatable bonds is 6. The number of carbonyl (C=O) groups is 2. The molecule has 1 aromatic rings. The van der Waals surface area contributed by atoms with Crippen molar-refractivity contribution in [3.8, 4) is 0 Å². The molecule has 0 unspecified atom stereocenters. The van der Waals surface area contributed by atoms with Crippen molar-refractivity contribution in [2.24, 2.45) is 17.3 Å². The summed E-state index contributed by atoms with van der Waals surface area (Å²) in [6.45, 7) is 1.54. The number of esters is 2. The Balaban J connectivity index is 1.93. The molecule has 2 atom stereocenters. The Morgan fingerprint density at radius 2 is 1.77 bits per heavy atom. The average Bonchev–Trinajstić information content (AvgIpc) is 3.11. The first-order valence-electron chi connectivity index (χ1n) is 7.84. The van der Waals surface area contributed by atoms with E-state index < -0.39 is 47.8 Å². The summed E-state index contributed by atoms with van der Waals surface area (Å²) in [5.74, 6) is -5.07. The fourth-order valence-corrected chi connectivity index (χ4v) is 2.70. The van der Waals surface area contributed by atoms with Crippen LogP contribution in [0.5, 0.6) is 0 Å². The molecular formula is C18H18F4O4. The van der Waals surface area contributed by atoms with E-state index in [0.717, 1.165) is 11.6 Å². The summed E-state index contributed by atoms with van der Waals surface area (Å²) in [5, 5.41) is 0. The van der Waals surface area contributed by atoms with Gasteiger partial charge in [-0.15, -0.1) is 0 Å². The molecule has 1 aliphatic carbocycles. The van der Waals surface area contributed by atoms with E-state index >= 15 is 0 Å². The molecule has 0 aliphatic heterocycles. The number of alkyl halides is 3. The molecule has 1 aromatic carbocycles. The van der Waals surface area contributed by atoms with Crippen LogP contribution in [0.3, 0.4) is 0 Å². The van der Waals surface area contributed by atoms with Crippen LogP contribution in [-0.4, -0.2) is 24.7 Å². The summed E-state index contributed by atoms with van der Waals surface area (Å²) in [5.41, 5.74) is 0.114. The van der Waals surface area contributed by atoms with Gasteiger partial charge in [0, 0.05) is 0 Å². The van der Waals surface area contributed by atoms with Gasteiger partial charge in [0.1, 0.15) is 6.61 Å². The van der Waals surface area contributed by atoms with Crippen molar-refractivity contribution < 1.29 is 36.6 Å². The molecule has 142 valence electrons. The van der Waals surface area contributed by atoms with Crippen molar-refractivity contribution in [3.63, 3.8) is 0 Å². The topological polar surface area (TPSA) is 52.6 Å². The van der Waals surface area contributed by atoms with Gasteiger partial charge < -0.3 is 9.47 Å². The van der Waals surface area contributed by atoms with E-state index in [1.807, 2.05) is 6.07 Å². The minimum Gasteiger partial charge on any atom is -0.461 e. The van der Waals surface area contributed by atoms with Crippen LogP contribution in [0.1, 0.15) is 19.4 Å². The van der Waals surface area contributed by atoms with Crippen LogP contribution in [0.4, 0.5) is 17.6 Å². The van der Waals surface area contributed by atoms with Gasteiger partial charge in [-0.05, 0) is 23.0 Å². The van der Waals surface area contributed by atoms with Crippen molar-refractivity contribution in [2.75, 3.05) is 6.61 Å². The van der Waals surface area contributed by atoms with Gasteiger partial charge in [0.15, 0.2) is 6.61 Å². The van der Waals surface area contributed by atoms with Gasteiger partial charge in [-0.25, -0.2) is 4.79 Å². The first kappa shape index (κ1) is 19.9. The van der Waals surface area contributed by atoms with E-state index in [9.17, 15) is 27.2 Å². The lowest BCUT2D eigenvalue weighted by Crippen LogP contribution is -2.20. The molecule has 1 aliphatic rings. The maximum atomic E-state index is 13.8. The van der Waals surface area contributed by atoms with Gasteiger partial charge in [-0.2, -0.15) is 17.6 Å². The van der Waals surface area contributed by atoms with Crippen LogP contribution < -0.4 is 0 Å². The van der Waals surface area contributed by atoms with Gasteiger partial charge in [0.05, 0.1) is 5.92 Å². The van der Waals surface area contributed by atoms with Gasteiger partial charge in [-0.3, -0.25) is 4.79 Å². The van der Waals surface area contributed by atoms with Crippen molar-refractivity contribution in [3.05, 3.63) is 47.8 Å². The third-order valence-corrected chi connectivity index (χ3v) is 4.28. The molecule has 4 nitrogen and oxygen atoms in total. The molecule has 0 radical (unpaired) electrons. The number of halogens is 4. The first-order chi connectivity index (χ1) is 12.0. The zero-order chi connectivity index (χ0) is 19.5. The fourth-order valence-electron chi connectivity index (χ4n) is 2.70. The molecule has 0 aromatic heterocycles. The molecule has 0 spiro atoms. The standard InChI is InChI=1S/C18H18F4O4/c1-17(2)12(8-13(19)15(23)26-10-18(20,21)22)14(17)16(24)25-9-11-6-4-3-5-7-11/h3-8,12,14H,9-10H2,1-2H3/b13-8+/t12-,14-/m0/s1. The van der Waals surface area contributed by atoms with E-state index in [2.05, 4.69) is 4.74 Å². The van der Waals surface area contributed by atoms with Crippen molar-refractivity contribution >= 4 is 11.9 Å². The minimum absolute atomic E-state index is 0.0544. The summed E-state index contributed by atoms with van der Waals surface area (Å²) < 4.78 is 58.8. The third-order valence-electron chi connectivity index (χ3n) is 4.28. The Morgan fingerprint density at radius 3 is 2.35 bits per heavy atom. The fraction of sp³-hybridized carbons (Fsp3) is 0.444. The number of ether oxygens (including phenoxy) is 2. The largest absolute Gasteiger partial charge is 0.461 e. The zero-order valence-electron chi connectivity index (χ0n) is 14.2. The maximum Gasteiger partial charge on any atom is 0.422 e. The van der Waals surface area contributed by atoms with E-state index in [4.69, 9.17) is 4.74 Å². The Morgan fingerprint density at radius 1 is 1.15 bits per heavy atom. The van der Waals surface area contributed by atoms with Crippen LogP contribution >= 0.6 is 0 Å². The molecule has 0 N–H and O–H groups in total. The van der Waals surface area contributed by atoms with Crippen LogP contribution in [-0.2, 0) is 25.7 Å². The molecule has 0 bridgehead atoms. The molecule has 8 heteroatoms. The number of benzene rings is 1. The monoisotopic (exact) mass is 374 g/mol. The molecular weight excluding hydrogens is 356 g/mol. The summed E-state index contributed by atoms with van der Waals surface area (Å²) in [4.78, 5) is 23.4. The lowest BCUT2D eigenvalue weighted by atomic mass is 10.1. The first-order valence-corrected chi connectivity index (χ1v) is 7.84. The summed E-state index contributed by atoms with van der Waals surface area (Å²) in [6, 6.07) is 8.95. The highest BCUT2D eigenvalue weighted by Gasteiger charge is 2.62. The highest BCUT2D eigenvalue weighted by molar-refractivity contribution is 5.87. The molecule has 26 heavy (non-hydrogen) atoms. The summed E-state index contributed by atoms with van der Waals surface area (Å²) >= 11 is 0. The second kappa shape index (κ2) is 7.47. The van der Waals surface area contributed by atoms with Crippen LogP contribution in [0.15, 0.2) is 42.2 Å². The Hall–Kier alpha value is -2.38. The van der Waals surface area contributed by atoms with Crippen molar-refractivity contribution in [1.29, 1.82) is 0 Å². The highest BCUT2D eigenvalue weighted by atomic mass is 19.4. The predicted molar refractivity (Wildman–Crippen MR) is 83.2 cm³/mol. The predicted octanol–water partition coefficient (Wildman–Crippen LogP) is 3.96. The second-order valence-corrected chi connectivity index (χ2v) is 6.62. The number of hydrogen-bond acceptors (Lipinski definition) is 4. The highest BCUT2D eigenvalue weighted by Crippen LogP contribution is 2.60. The van der Waals surface area contributed by atoms with Crippen molar-refractivity contribution in [1.82, 2.24) is 0 Å². The van der Waals surface area contributed by atoms with Gasteiger partial charge >= 0.3 is 18.1 Å². The summed E-state index contributed by atoms with van der Waals surface area (Å²) in [6.07, 6.45) is -3.91. The minimum atomic E-state index is -4.74. The Kier molecular flexibility index (Phi) is 5.73. The van der Waals surface area contributed by atoms with E-state index in [0.29, 0.717) is 0 Å². The second-order valence-electron chi connectivity index (χ2n) is 6.62. The maximum absolute atomic E-state index is 13.8. The van der Waals surface area contributed by atoms with E-state index in [-0.39, 0.29) is 6.61 Å². The SMILES string of the molecule is CC1(C)[C@H](C(=O)OCc2ccccc2)[C@@H]1/C=C(/F)C(=O)OCC(F)(F)F. The number of allylic oxidation sites excluding steroid dienone is 1. The van der Waals surface area contributed by atoms with E-state index in [1.165, 1.54) is 0 Å². The van der Waals surface area contributed by atoms with Gasteiger partial charge in [0.2, 0.25) is 5.83 Å². The van der Waals surface area contributed by atoms with E-state index in [1.54, 1.807) is 38.1 Å². The normalized spacial score (nSPS) is 21.8. The molecule has 0 heterocycles. The van der Waals surface area contributed by atoms with Crippen LogP contribution in [0.2, 0.25) is 0 Å². The third kappa shape index (κ3) is 5.06. The molecule has 1 fully saturated rings. The Labute approximate surface area is 147 Å². The average molecular weight is 374 g/mol. The number of hydrogen-bond donors (Lipinski definition) is 0. The van der Waals surface area contributed by atoms with Gasteiger partial charge in [0.25, 0.3) is 0 Å². The molecule has 0 saturated heterocycles. The van der Waals surface area contributed by atoms with Gasteiger partial charge in [-0.1, -0.05) is 44.2 Å². The zero-order valence-corrected chi connectivity index (χ0v) is 14.2. The van der Waals surface area contributed by atoms with Crippen LogP contribution in [0.25, 0.3) is 0 Å². The summed E-state index contributed by atoms with van der Waals surface area (Å²) in [7, 11) is 0. The lowest BCUT2D eigenvalue weighted by molar-refractivity contribution is -0.184. The number of carbonyl (C=O) groups excluding carboxylic acids is 2. The lowest BCUT2D eigenvalue weighted by Gasteiger charge is -2.06. The molecule has 2 rings (SSSR count). The quantitative estimate of drug-likeness (QED) is 0.430. The Bertz CT molecular complexity index is 695.